The van der Waals surface area contributed by atoms with Crippen LogP contribution in [0.2, 0.25) is 0 Å². The molecule has 0 aliphatic rings. The molecule has 6 heteroatoms. The molecule has 702 valence electrons. The summed E-state index contributed by atoms with van der Waals surface area (Å²) in [5, 5.41) is 28.7. The Kier molecular flexibility index (Phi) is 21.9. The molecule has 0 radical (unpaired) electrons. The highest BCUT2D eigenvalue weighted by atomic mass is 16.3. The van der Waals surface area contributed by atoms with Crippen molar-refractivity contribution >= 4 is 214 Å². The zero-order chi connectivity index (χ0) is 99.1. The molecule has 30 aromatic rings. The van der Waals surface area contributed by atoms with Gasteiger partial charge in [0.2, 0.25) is 0 Å². The van der Waals surface area contributed by atoms with E-state index in [0.29, 0.717) is 0 Å². The van der Waals surface area contributed by atoms with E-state index in [0.717, 1.165) is 117 Å². The van der Waals surface area contributed by atoms with Crippen molar-refractivity contribution in [2.75, 3.05) is 14.7 Å². The first kappa shape index (κ1) is 87.8. The number of nitrogens with zero attached hydrogens (tertiary/aromatic N) is 3. The third kappa shape index (κ3) is 16.0. The Hall–Kier alpha value is -19.9. The van der Waals surface area contributed by atoms with Gasteiger partial charge in [0.15, 0.2) is 0 Å². The summed E-state index contributed by atoms with van der Waals surface area (Å²) in [5.74, 6) is 0. The lowest BCUT2D eigenvalue weighted by Gasteiger charge is -2.28. The van der Waals surface area contributed by atoms with Crippen LogP contribution in [-0.2, 0) is 0 Å². The summed E-state index contributed by atoms with van der Waals surface area (Å²) in [6.45, 7) is 0. The highest BCUT2D eigenvalue weighted by molar-refractivity contribution is 6.20. The van der Waals surface area contributed by atoms with Crippen LogP contribution >= 0.6 is 0 Å². The summed E-state index contributed by atoms with van der Waals surface area (Å²) in [6, 6.07) is 203. The fraction of sp³-hybridized carbons (Fsp3) is 0. The maximum Gasteiger partial charge on any atom is 0.137 e. The summed E-state index contributed by atoms with van der Waals surface area (Å²) >= 11 is 0. The Bertz CT molecular complexity index is 10500. The molecule has 150 heavy (non-hydrogen) atoms. The molecule has 0 saturated carbocycles. The fourth-order valence-corrected chi connectivity index (χ4v) is 22.8. The van der Waals surface area contributed by atoms with Crippen LogP contribution < -0.4 is 14.7 Å². The standard InChI is InChI=1S/3C48H31NO/c1-3-13-32(14-4-1)44-28-34-23-24-37(27-36(34)29-45(44)33-15-5-2-6-16-33)49(38-25-26-43-42-21-11-12-22-47(42)50-48(43)31-38)46-30-35-17-7-8-18-39(35)40-19-9-10-20-41(40)46;1-2-11-32(12-3-1)34-23-27-41-35(29-34)14-10-19-39(41)33-21-24-37(25-22-33)49(38-26-28-45-44-18-8-9-20-47(44)50-48(45)31-38)46-30-36-13-4-5-15-40(36)42-16-6-7-17-43(42)46;1-2-10-32(11-3-1)35-20-18-34-19-21-36(29-38(34)28-35)33-22-24-39(25-23-33)49(40-26-27-45-44-16-8-9-17-47(44)50-48(45)31-40)46-30-37-12-4-5-13-41(37)42-14-6-7-15-43(42)46/h3*1-31H. The van der Waals surface area contributed by atoms with Crippen LogP contribution in [0, 0.1) is 0 Å². The fourth-order valence-electron chi connectivity index (χ4n) is 22.8. The van der Waals surface area contributed by atoms with Gasteiger partial charge in [-0.2, -0.15) is 0 Å². The van der Waals surface area contributed by atoms with E-state index in [1.807, 2.05) is 36.4 Å². The number of hydrogen-bond acceptors (Lipinski definition) is 6. The number of para-hydroxylation sites is 3. The largest absolute Gasteiger partial charge is 0.456 e. The van der Waals surface area contributed by atoms with Crippen LogP contribution in [-0.4, -0.2) is 0 Å². The molecule has 0 amide bonds. The van der Waals surface area contributed by atoms with Gasteiger partial charge in [0.1, 0.15) is 33.5 Å². The molecule has 0 aliphatic heterocycles. The molecule has 0 unspecified atom stereocenters. The Morgan fingerprint density at radius 2 is 0.360 bits per heavy atom. The van der Waals surface area contributed by atoms with Crippen LogP contribution in [0.5, 0.6) is 0 Å². The van der Waals surface area contributed by atoms with Crippen LogP contribution in [0.25, 0.3) is 230 Å². The van der Waals surface area contributed by atoms with Crippen molar-refractivity contribution in [2.45, 2.75) is 0 Å². The van der Waals surface area contributed by atoms with Gasteiger partial charge in [0, 0.05) is 101 Å². The van der Waals surface area contributed by atoms with Crippen molar-refractivity contribution in [3.63, 3.8) is 0 Å². The van der Waals surface area contributed by atoms with Gasteiger partial charge in [0.25, 0.3) is 0 Å². The second-order valence-electron chi connectivity index (χ2n) is 38.8. The molecule has 0 atom stereocenters. The topological polar surface area (TPSA) is 49.1 Å². The predicted octanol–water partition coefficient (Wildman–Crippen LogP) is 41.5. The molecule has 3 heterocycles. The SMILES string of the molecule is c1ccc(-c2cc3ccc(N(c4ccc5c(c4)oc4ccccc45)c4cc5ccccc5c5ccccc45)cc3cc2-c2ccccc2)cc1.c1ccc(-c2ccc3c(-c4ccc(N(c5ccc6c(c5)oc5ccccc56)c5cc6ccccc6c6ccccc56)cc4)cccc3c2)cc1.c1ccc(-c2ccc3ccc(-c4ccc(N(c5ccc6c(c5)oc5ccccc56)c5cc6ccccc6c6ccccc56)cc4)cc3c2)cc1. The van der Waals surface area contributed by atoms with Crippen LogP contribution in [0.4, 0.5) is 51.2 Å². The van der Waals surface area contributed by atoms with Gasteiger partial charge in [-0.05, 0) is 287 Å². The molecule has 0 aliphatic carbocycles. The number of furan rings is 3. The minimum Gasteiger partial charge on any atom is -0.456 e. The average Bonchev–Trinajstić information content (AvgIpc) is 1.11. The normalized spacial score (nSPS) is 11.6. The second-order valence-corrected chi connectivity index (χ2v) is 38.8. The smallest absolute Gasteiger partial charge is 0.137 e. The highest BCUT2D eigenvalue weighted by Gasteiger charge is 2.26. The molecule has 6 nitrogen and oxygen atoms in total. The van der Waals surface area contributed by atoms with Crippen molar-refractivity contribution in [1.29, 1.82) is 0 Å². The predicted molar refractivity (Wildman–Crippen MR) is 635 cm³/mol. The van der Waals surface area contributed by atoms with Crippen LogP contribution in [0.15, 0.2) is 577 Å². The summed E-state index contributed by atoms with van der Waals surface area (Å²) in [4.78, 5) is 7.15. The summed E-state index contributed by atoms with van der Waals surface area (Å²) < 4.78 is 19.2. The number of hydrogen-bond donors (Lipinski definition) is 0. The summed E-state index contributed by atoms with van der Waals surface area (Å²) in [7, 11) is 0. The summed E-state index contributed by atoms with van der Waals surface area (Å²) in [5.41, 5.74) is 29.6. The monoisotopic (exact) mass is 1910 g/mol. The minimum absolute atomic E-state index is 0.874. The van der Waals surface area contributed by atoms with Gasteiger partial charge in [0.05, 0.1) is 17.1 Å². The first-order chi connectivity index (χ1) is 74.3. The molecule has 30 rings (SSSR count). The van der Waals surface area contributed by atoms with Gasteiger partial charge in [-0.1, -0.05) is 406 Å². The lowest BCUT2D eigenvalue weighted by Crippen LogP contribution is -2.10. The van der Waals surface area contributed by atoms with Crippen molar-refractivity contribution in [1.82, 2.24) is 0 Å². The number of fused-ring (bicyclic) bond motifs is 21. The molecule has 0 bridgehead atoms. The van der Waals surface area contributed by atoms with E-state index in [4.69, 9.17) is 13.3 Å². The Labute approximate surface area is 866 Å². The van der Waals surface area contributed by atoms with Crippen LogP contribution in [0.3, 0.4) is 0 Å². The Morgan fingerprint density at radius 1 is 0.107 bits per heavy atom. The van der Waals surface area contributed by atoms with Gasteiger partial charge in [-0.25, -0.2) is 0 Å². The van der Waals surface area contributed by atoms with Crippen molar-refractivity contribution in [2.24, 2.45) is 0 Å². The lowest BCUT2D eigenvalue weighted by atomic mass is 9.91. The van der Waals surface area contributed by atoms with Crippen LogP contribution in [0.1, 0.15) is 0 Å². The van der Waals surface area contributed by atoms with Gasteiger partial charge >= 0.3 is 0 Å². The van der Waals surface area contributed by atoms with Gasteiger partial charge in [-0.15, -0.1) is 0 Å². The highest BCUT2D eigenvalue weighted by Crippen LogP contribution is 2.51. The quantitative estimate of drug-likeness (QED) is 0.0954. The van der Waals surface area contributed by atoms with E-state index in [-0.39, 0.29) is 0 Å². The van der Waals surface area contributed by atoms with E-state index in [1.165, 1.54) is 164 Å². The zero-order valence-corrected chi connectivity index (χ0v) is 81.8. The maximum absolute atomic E-state index is 6.44. The zero-order valence-electron chi connectivity index (χ0n) is 81.8. The second kappa shape index (κ2) is 37.4. The molecule has 0 spiro atoms. The summed E-state index contributed by atoms with van der Waals surface area (Å²) in [6.07, 6.45) is 0. The molecular formula is C144H93N3O3. The maximum atomic E-state index is 6.44. The van der Waals surface area contributed by atoms with Crippen molar-refractivity contribution in [3.05, 3.63) is 564 Å². The molecule has 0 N–H and O–H groups in total. The van der Waals surface area contributed by atoms with Gasteiger partial charge in [-0.3, -0.25) is 0 Å². The first-order valence-corrected chi connectivity index (χ1v) is 51.3. The average molecular weight is 1910 g/mol. The number of benzene rings is 27. The Balaban J connectivity index is 0.000000108. The molecule has 3 aromatic heterocycles. The van der Waals surface area contributed by atoms with E-state index < -0.39 is 0 Å². The molecule has 0 saturated heterocycles. The number of rotatable bonds is 15. The van der Waals surface area contributed by atoms with Crippen molar-refractivity contribution < 1.29 is 13.3 Å². The number of anilines is 9. The van der Waals surface area contributed by atoms with E-state index in [9.17, 15) is 0 Å². The minimum atomic E-state index is 0.874. The lowest BCUT2D eigenvalue weighted by molar-refractivity contribution is 0.668. The molecule has 27 aromatic carbocycles. The van der Waals surface area contributed by atoms with E-state index in [1.54, 1.807) is 0 Å². The van der Waals surface area contributed by atoms with Crippen molar-refractivity contribution in [3.8, 4) is 66.8 Å². The Morgan fingerprint density at radius 3 is 0.773 bits per heavy atom. The van der Waals surface area contributed by atoms with E-state index in [2.05, 4.69) is 542 Å². The molecule has 0 fully saturated rings. The third-order valence-corrected chi connectivity index (χ3v) is 30.0. The molecular weight excluding hydrogens is 1820 g/mol. The first-order valence-electron chi connectivity index (χ1n) is 51.3. The third-order valence-electron chi connectivity index (χ3n) is 30.0. The van der Waals surface area contributed by atoms with Gasteiger partial charge < -0.3 is 28.0 Å². The van der Waals surface area contributed by atoms with E-state index >= 15 is 0 Å².